The summed E-state index contributed by atoms with van der Waals surface area (Å²) in [5, 5.41) is 0. The van der Waals surface area contributed by atoms with Crippen LogP contribution in [0.25, 0.3) is 0 Å². The van der Waals surface area contributed by atoms with Gasteiger partial charge in [-0.3, -0.25) is 0 Å². The Morgan fingerprint density at radius 2 is 2.09 bits per heavy atom. The summed E-state index contributed by atoms with van der Waals surface area (Å²) < 4.78 is 4.97. The van der Waals surface area contributed by atoms with Gasteiger partial charge in [-0.15, -0.1) is 0 Å². The van der Waals surface area contributed by atoms with Crippen LogP contribution in [0.2, 0.25) is 0 Å². The van der Waals surface area contributed by atoms with Crippen molar-refractivity contribution >= 4 is 0 Å². The van der Waals surface area contributed by atoms with Crippen LogP contribution in [0.4, 0.5) is 0 Å². The van der Waals surface area contributed by atoms with Gasteiger partial charge >= 0.3 is 0 Å². The fourth-order valence-electron chi connectivity index (χ4n) is 1.08. The quantitative estimate of drug-likeness (QED) is 0.521. The smallest absolute Gasteiger partial charge is 0.0474 e. The van der Waals surface area contributed by atoms with Crippen LogP contribution in [-0.4, -0.2) is 38.3 Å². The SMILES string of the molecule is [CH2]CCN(CC)CCCOC. The zero-order valence-electron chi connectivity index (χ0n) is 7.81. The van der Waals surface area contributed by atoms with E-state index in [0.29, 0.717) is 0 Å². The Bertz CT molecular complexity index is 76.0. The van der Waals surface area contributed by atoms with Crippen molar-refractivity contribution in [2.24, 2.45) is 0 Å². The van der Waals surface area contributed by atoms with Gasteiger partial charge < -0.3 is 9.64 Å². The average molecular weight is 158 g/mol. The Kier molecular flexibility index (Phi) is 7.96. The molecule has 2 nitrogen and oxygen atoms in total. The number of rotatable bonds is 7. The van der Waals surface area contributed by atoms with Gasteiger partial charge in [-0.2, -0.15) is 0 Å². The lowest BCUT2D eigenvalue weighted by molar-refractivity contribution is 0.174. The van der Waals surface area contributed by atoms with E-state index in [1.54, 1.807) is 7.11 Å². The molecular formula is C9H20NO. The number of methoxy groups -OCH3 is 1. The normalized spacial score (nSPS) is 10.9. The topological polar surface area (TPSA) is 12.5 Å². The van der Waals surface area contributed by atoms with Crippen molar-refractivity contribution in [1.29, 1.82) is 0 Å². The molecule has 1 radical (unpaired) electrons. The third-order valence-corrected chi connectivity index (χ3v) is 1.74. The number of hydrogen-bond donors (Lipinski definition) is 0. The van der Waals surface area contributed by atoms with Crippen LogP contribution >= 0.6 is 0 Å². The Balaban J connectivity index is 3.20. The lowest BCUT2D eigenvalue weighted by Gasteiger charge is -2.18. The van der Waals surface area contributed by atoms with Crippen molar-refractivity contribution in [2.75, 3.05) is 33.4 Å². The van der Waals surface area contributed by atoms with E-state index in [2.05, 4.69) is 18.7 Å². The van der Waals surface area contributed by atoms with E-state index >= 15 is 0 Å². The van der Waals surface area contributed by atoms with Gasteiger partial charge in [-0.25, -0.2) is 0 Å². The first-order valence-electron chi connectivity index (χ1n) is 4.35. The zero-order valence-corrected chi connectivity index (χ0v) is 7.81. The molecule has 0 heterocycles. The molecule has 0 N–H and O–H groups in total. The highest BCUT2D eigenvalue weighted by Crippen LogP contribution is 1.92. The zero-order chi connectivity index (χ0) is 8.53. The fraction of sp³-hybridized carbons (Fsp3) is 0.889. The minimum atomic E-state index is 0.869. The van der Waals surface area contributed by atoms with Crippen molar-refractivity contribution < 1.29 is 4.74 Å². The number of hydrogen-bond acceptors (Lipinski definition) is 2. The minimum Gasteiger partial charge on any atom is -0.385 e. The first-order valence-corrected chi connectivity index (χ1v) is 4.35. The largest absolute Gasteiger partial charge is 0.385 e. The minimum absolute atomic E-state index is 0.869. The summed E-state index contributed by atoms with van der Waals surface area (Å²) in [7, 11) is 1.75. The molecule has 0 amide bonds. The van der Waals surface area contributed by atoms with E-state index < -0.39 is 0 Å². The first-order chi connectivity index (χ1) is 5.35. The summed E-state index contributed by atoms with van der Waals surface area (Å²) in [6.45, 7) is 10.3. The van der Waals surface area contributed by atoms with Crippen molar-refractivity contribution in [3.8, 4) is 0 Å². The Morgan fingerprint density at radius 1 is 1.36 bits per heavy atom. The molecule has 0 unspecified atom stereocenters. The highest BCUT2D eigenvalue weighted by molar-refractivity contribution is 4.55. The molecular weight excluding hydrogens is 138 g/mol. The van der Waals surface area contributed by atoms with Gasteiger partial charge in [-0.05, 0) is 25.9 Å². The molecule has 0 rings (SSSR count). The fourth-order valence-corrected chi connectivity index (χ4v) is 1.08. The molecule has 0 bridgehead atoms. The van der Waals surface area contributed by atoms with E-state index in [0.717, 1.165) is 39.1 Å². The maximum Gasteiger partial charge on any atom is 0.0474 e. The number of ether oxygens (including phenoxy) is 1. The predicted octanol–water partition coefficient (Wildman–Crippen LogP) is 1.57. The second-order valence-corrected chi connectivity index (χ2v) is 2.63. The average Bonchev–Trinajstić information content (AvgIpc) is 2.03. The molecule has 0 fully saturated rings. The molecule has 0 aromatic heterocycles. The second kappa shape index (κ2) is 8.02. The van der Waals surface area contributed by atoms with E-state index in [1.165, 1.54) is 0 Å². The second-order valence-electron chi connectivity index (χ2n) is 2.63. The maximum atomic E-state index is 4.97. The summed E-state index contributed by atoms with van der Waals surface area (Å²) in [6.07, 6.45) is 2.13. The van der Waals surface area contributed by atoms with Crippen LogP contribution in [0.3, 0.4) is 0 Å². The van der Waals surface area contributed by atoms with Crippen LogP contribution in [-0.2, 0) is 4.74 Å². The molecule has 2 heteroatoms. The summed E-state index contributed by atoms with van der Waals surface area (Å²) in [6, 6.07) is 0. The Hall–Kier alpha value is -0.0800. The monoisotopic (exact) mass is 158 g/mol. The van der Waals surface area contributed by atoms with Crippen molar-refractivity contribution in [3.63, 3.8) is 0 Å². The van der Waals surface area contributed by atoms with Crippen LogP contribution in [0.5, 0.6) is 0 Å². The lowest BCUT2D eigenvalue weighted by atomic mass is 10.3. The lowest BCUT2D eigenvalue weighted by Crippen LogP contribution is -2.26. The van der Waals surface area contributed by atoms with Gasteiger partial charge in [0.25, 0.3) is 0 Å². The molecule has 67 valence electrons. The highest BCUT2D eigenvalue weighted by Gasteiger charge is 1.98. The van der Waals surface area contributed by atoms with Crippen molar-refractivity contribution in [3.05, 3.63) is 6.92 Å². The molecule has 0 saturated carbocycles. The summed E-state index contributed by atoms with van der Waals surface area (Å²) in [4.78, 5) is 2.39. The predicted molar refractivity (Wildman–Crippen MR) is 48.6 cm³/mol. The van der Waals surface area contributed by atoms with Crippen LogP contribution < -0.4 is 0 Å². The maximum absolute atomic E-state index is 4.97. The molecule has 0 aromatic rings. The van der Waals surface area contributed by atoms with Gasteiger partial charge in [0, 0.05) is 20.3 Å². The summed E-state index contributed by atoms with van der Waals surface area (Å²) >= 11 is 0. The summed E-state index contributed by atoms with van der Waals surface area (Å²) in [5.41, 5.74) is 0. The van der Waals surface area contributed by atoms with Gasteiger partial charge in [0.05, 0.1) is 0 Å². The van der Waals surface area contributed by atoms with Gasteiger partial charge in [0.1, 0.15) is 0 Å². The van der Waals surface area contributed by atoms with Crippen LogP contribution in [0.15, 0.2) is 0 Å². The van der Waals surface area contributed by atoms with Gasteiger partial charge in [0.15, 0.2) is 0 Å². The molecule has 0 aliphatic rings. The number of nitrogens with zero attached hydrogens (tertiary/aromatic N) is 1. The molecule has 11 heavy (non-hydrogen) atoms. The molecule has 0 aliphatic heterocycles. The third kappa shape index (κ3) is 6.32. The van der Waals surface area contributed by atoms with Crippen molar-refractivity contribution in [1.82, 2.24) is 4.90 Å². The highest BCUT2D eigenvalue weighted by atomic mass is 16.5. The Morgan fingerprint density at radius 3 is 2.55 bits per heavy atom. The van der Waals surface area contributed by atoms with E-state index in [4.69, 9.17) is 4.74 Å². The molecule has 0 spiro atoms. The Labute approximate surface area is 70.5 Å². The van der Waals surface area contributed by atoms with Crippen LogP contribution in [0.1, 0.15) is 19.8 Å². The van der Waals surface area contributed by atoms with Crippen molar-refractivity contribution in [2.45, 2.75) is 19.8 Å². The summed E-state index contributed by atoms with van der Waals surface area (Å²) in [5.74, 6) is 0. The molecule has 0 aliphatic carbocycles. The molecule has 0 atom stereocenters. The van der Waals surface area contributed by atoms with Gasteiger partial charge in [0.2, 0.25) is 0 Å². The van der Waals surface area contributed by atoms with E-state index in [9.17, 15) is 0 Å². The molecule has 0 aromatic carbocycles. The van der Waals surface area contributed by atoms with E-state index in [-0.39, 0.29) is 0 Å². The van der Waals surface area contributed by atoms with E-state index in [1.807, 2.05) is 0 Å². The van der Waals surface area contributed by atoms with Gasteiger partial charge in [-0.1, -0.05) is 13.8 Å². The van der Waals surface area contributed by atoms with Crippen LogP contribution in [0, 0.1) is 6.92 Å². The molecule has 0 saturated heterocycles. The first kappa shape index (κ1) is 10.9. The third-order valence-electron chi connectivity index (χ3n) is 1.74. The standard InChI is InChI=1S/C9H20NO/c1-4-7-10(5-2)8-6-9-11-3/h1,4-9H2,2-3H3.